The molecule has 0 rings (SSSR count). The Morgan fingerprint density at radius 2 is 1.59 bits per heavy atom. The molecule has 0 fully saturated rings. The van der Waals surface area contributed by atoms with Gasteiger partial charge in [-0.05, 0) is 13.8 Å². The largest absolute Gasteiger partial charge is 0.338 e. The Balaban J connectivity index is 4.41. The summed E-state index contributed by atoms with van der Waals surface area (Å²) in [6.07, 6.45) is -0.533. The van der Waals surface area contributed by atoms with Gasteiger partial charge in [-0.1, -0.05) is 13.8 Å². The van der Waals surface area contributed by atoms with Crippen LogP contribution < -0.4 is 0 Å². The van der Waals surface area contributed by atoms with Crippen molar-refractivity contribution in [2.45, 2.75) is 34.1 Å². The second-order valence-corrected chi connectivity index (χ2v) is 6.00. The lowest BCUT2D eigenvalue weighted by atomic mass is 10.1. The van der Waals surface area contributed by atoms with Gasteiger partial charge in [-0.15, -0.1) is 0 Å². The number of rotatable bonds is 9. The number of hydrogen-bond donors (Lipinski definition) is 0. The van der Waals surface area contributed by atoms with Crippen molar-refractivity contribution in [2.24, 2.45) is 5.92 Å². The molecule has 0 amide bonds. The third kappa shape index (κ3) is 6.71. The lowest BCUT2D eigenvalue weighted by Crippen LogP contribution is -2.17. The lowest BCUT2D eigenvalue weighted by Gasteiger charge is -2.16. The molecule has 0 atom stereocenters. The molecule has 0 heterocycles. The van der Waals surface area contributed by atoms with Gasteiger partial charge in [0.2, 0.25) is 0 Å². The van der Waals surface area contributed by atoms with Crippen molar-refractivity contribution in [3.05, 3.63) is 0 Å². The summed E-state index contributed by atoms with van der Waals surface area (Å²) in [7, 11) is -3.36. The molecule has 100 valence electrons. The van der Waals surface area contributed by atoms with Crippen molar-refractivity contribution >= 4 is 19.2 Å². The maximum absolute atomic E-state index is 12.0. The molecule has 17 heavy (non-hydrogen) atoms. The van der Waals surface area contributed by atoms with Crippen molar-refractivity contribution in [3.63, 3.8) is 0 Å². The van der Waals surface area contributed by atoms with E-state index in [-0.39, 0.29) is 37.5 Å². The first-order valence-electron chi connectivity index (χ1n) is 5.77. The monoisotopic (exact) mass is 264 g/mol. The molecule has 0 aliphatic rings. The molecule has 0 aromatic carbocycles. The summed E-state index contributed by atoms with van der Waals surface area (Å²) in [4.78, 5) is 22.9. The van der Waals surface area contributed by atoms with Gasteiger partial charge in [0.15, 0.2) is 5.78 Å². The highest BCUT2D eigenvalue weighted by Crippen LogP contribution is 2.47. The van der Waals surface area contributed by atoms with Gasteiger partial charge >= 0.3 is 7.60 Å². The van der Waals surface area contributed by atoms with E-state index in [1.165, 1.54) is 0 Å². The Hall–Kier alpha value is -0.510. The zero-order valence-corrected chi connectivity index (χ0v) is 11.8. The summed E-state index contributed by atoms with van der Waals surface area (Å²) in [6, 6.07) is 0. The second kappa shape index (κ2) is 7.75. The van der Waals surface area contributed by atoms with Gasteiger partial charge in [0.05, 0.1) is 19.6 Å². The molecule has 0 unspecified atom stereocenters. The Bertz CT molecular complexity index is 301. The van der Waals surface area contributed by atoms with Crippen molar-refractivity contribution in [3.8, 4) is 0 Å². The second-order valence-electron chi connectivity index (χ2n) is 3.94. The van der Waals surface area contributed by atoms with Crippen molar-refractivity contribution in [1.29, 1.82) is 0 Å². The van der Waals surface area contributed by atoms with Crippen LogP contribution in [0.25, 0.3) is 0 Å². The van der Waals surface area contributed by atoms with Crippen LogP contribution in [0.4, 0.5) is 0 Å². The van der Waals surface area contributed by atoms with Gasteiger partial charge in [-0.25, -0.2) is 0 Å². The SMILES string of the molecule is CCOP(=O)(CC(=O)CC(=O)C(C)C)OCC. The summed E-state index contributed by atoms with van der Waals surface area (Å²) in [5, 5.41) is 0. The van der Waals surface area contributed by atoms with E-state index in [1.54, 1.807) is 27.7 Å². The molecule has 0 aromatic heterocycles. The minimum Gasteiger partial charge on any atom is -0.309 e. The molecule has 0 aromatic rings. The third-order valence-electron chi connectivity index (χ3n) is 2.04. The predicted octanol–water partition coefficient (Wildman–Crippen LogP) is 2.44. The summed E-state index contributed by atoms with van der Waals surface area (Å²) >= 11 is 0. The molecule has 0 saturated heterocycles. The van der Waals surface area contributed by atoms with E-state index in [2.05, 4.69) is 0 Å². The normalized spacial score (nSPS) is 11.8. The van der Waals surface area contributed by atoms with Crippen LogP contribution in [0.2, 0.25) is 0 Å². The molecule has 0 radical (unpaired) electrons. The molecule has 0 aliphatic carbocycles. The Labute approximate surface area is 102 Å². The maximum Gasteiger partial charge on any atom is 0.338 e. The average Bonchev–Trinajstić information content (AvgIpc) is 2.16. The van der Waals surface area contributed by atoms with E-state index in [0.29, 0.717) is 0 Å². The number of ketones is 2. The van der Waals surface area contributed by atoms with E-state index in [4.69, 9.17) is 9.05 Å². The Morgan fingerprint density at radius 3 is 1.94 bits per heavy atom. The van der Waals surface area contributed by atoms with E-state index in [9.17, 15) is 14.2 Å². The van der Waals surface area contributed by atoms with Crippen LogP contribution in [-0.4, -0.2) is 30.9 Å². The van der Waals surface area contributed by atoms with E-state index < -0.39 is 13.4 Å². The van der Waals surface area contributed by atoms with Crippen molar-refractivity contribution in [2.75, 3.05) is 19.4 Å². The van der Waals surface area contributed by atoms with Gasteiger partial charge < -0.3 is 9.05 Å². The first-order valence-corrected chi connectivity index (χ1v) is 7.50. The fraction of sp³-hybridized carbons (Fsp3) is 0.818. The molecule has 0 spiro atoms. The van der Waals surface area contributed by atoms with Crippen molar-refractivity contribution in [1.82, 2.24) is 0 Å². The topological polar surface area (TPSA) is 69.7 Å². The Morgan fingerprint density at radius 1 is 1.12 bits per heavy atom. The standard InChI is InChI=1S/C11H21O5P/c1-5-15-17(14,16-6-2)8-10(12)7-11(13)9(3)4/h9H,5-8H2,1-4H3. The predicted molar refractivity (Wildman–Crippen MR) is 65.2 cm³/mol. The fourth-order valence-electron chi connectivity index (χ4n) is 1.19. The maximum atomic E-state index is 12.0. The van der Waals surface area contributed by atoms with Crippen LogP contribution in [0.3, 0.4) is 0 Å². The van der Waals surface area contributed by atoms with Gasteiger partial charge in [0.1, 0.15) is 11.9 Å². The van der Waals surface area contributed by atoms with Crippen molar-refractivity contribution < 1.29 is 23.2 Å². The summed E-state index contributed by atoms with van der Waals surface area (Å²) < 4.78 is 22.0. The first kappa shape index (κ1) is 16.5. The minimum atomic E-state index is -3.36. The third-order valence-corrected chi connectivity index (χ3v) is 4.08. The molecule has 0 N–H and O–H groups in total. The van der Waals surface area contributed by atoms with Crippen LogP contribution in [-0.2, 0) is 23.2 Å². The van der Waals surface area contributed by atoms with Gasteiger partial charge in [-0.2, -0.15) is 0 Å². The summed E-state index contributed by atoms with van der Waals surface area (Å²) in [5.74, 6) is -0.749. The number of carbonyl (C=O) groups excluding carboxylic acids is 2. The van der Waals surface area contributed by atoms with E-state index in [0.717, 1.165) is 0 Å². The fourth-order valence-corrected chi connectivity index (χ4v) is 2.78. The van der Waals surface area contributed by atoms with Crippen LogP contribution in [0.5, 0.6) is 0 Å². The number of carbonyl (C=O) groups is 2. The smallest absolute Gasteiger partial charge is 0.309 e. The highest BCUT2D eigenvalue weighted by molar-refractivity contribution is 7.54. The zero-order valence-electron chi connectivity index (χ0n) is 10.9. The van der Waals surface area contributed by atoms with Gasteiger partial charge in [-0.3, -0.25) is 14.2 Å². The van der Waals surface area contributed by atoms with Gasteiger partial charge in [0.25, 0.3) is 0 Å². The van der Waals surface area contributed by atoms with Crippen LogP contribution >= 0.6 is 7.60 Å². The summed E-state index contributed by atoms with van der Waals surface area (Å²) in [6.45, 7) is 7.22. The van der Waals surface area contributed by atoms with E-state index >= 15 is 0 Å². The molecular formula is C11H21O5P. The molecule has 0 saturated carbocycles. The quantitative estimate of drug-likeness (QED) is 0.472. The molecule has 0 aliphatic heterocycles. The van der Waals surface area contributed by atoms with Crippen LogP contribution in [0, 0.1) is 5.92 Å². The first-order chi connectivity index (χ1) is 7.84. The highest BCUT2D eigenvalue weighted by atomic mass is 31.2. The summed E-state index contributed by atoms with van der Waals surface area (Å²) in [5.41, 5.74) is 0. The molecule has 6 heteroatoms. The van der Waals surface area contributed by atoms with E-state index in [1.807, 2.05) is 0 Å². The molecule has 0 bridgehead atoms. The minimum absolute atomic E-state index is 0.158. The number of hydrogen-bond acceptors (Lipinski definition) is 5. The average molecular weight is 264 g/mol. The van der Waals surface area contributed by atoms with Gasteiger partial charge in [0, 0.05) is 5.92 Å². The number of Topliss-reactive ketones (excluding diaryl/α,β-unsaturated/α-hetero) is 2. The molecule has 5 nitrogen and oxygen atoms in total. The zero-order chi connectivity index (χ0) is 13.5. The highest BCUT2D eigenvalue weighted by Gasteiger charge is 2.28. The molecular weight excluding hydrogens is 243 g/mol. The lowest BCUT2D eigenvalue weighted by molar-refractivity contribution is -0.127. The van der Waals surface area contributed by atoms with Crippen LogP contribution in [0.15, 0.2) is 0 Å². The van der Waals surface area contributed by atoms with Crippen LogP contribution in [0.1, 0.15) is 34.1 Å². The Kier molecular flexibility index (Phi) is 7.51.